The van der Waals surface area contributed by atoms with Gasteiger partial charge in [0, 0.05) is 19.8 Å². The molecule has 0 saturated heterocycles. The average molecular weight is 238 g/mol. The van der Waals surface area contributed by atoms with E-state index >= 15 is 0 Å². The minimum atomic E-state index is -0.0438. The van der Waals surface area contributed by atoms with E-state index in [2.05, 4.69) is 29.2 Å². The van der Waals surface area contributed by atoms with Crippen LogP contribution in [0.5, 0.6) is 0 Å². The van der Waals surface area contributed by atoms with Gasteiger partial charge in [0.05, 0.1) is 11.8 Å². The van der Waals surface area contributed by atoms with Crippen molar-refractivity contribution in [2.75, 3.05) is 26.2 Å². The van der Waals surface area contributed by atoms with Crippen LogP contribution in [-0.4, -0.2) is 46.8 Å². The smallest absolute Gasteiger partial charge is 0.254 e. The second-order valence-electron chi connectivity index (χ2n) is 4.04. The molecule has 1 aromatic rings. The Hall–Kier alpha value is -1.36. The molecule has 0 spiro atoms. The van der Waals surface area contributed by atoms with Crippen molar-refractivity contribution in [2.24, 2.45) is 7.05 Å². The highest BCUT2D eigenvalue weighted by Crippen LogP contribution is 1.96. The zero-order valence-corrected chi connectivity index (χ0v) is 10.9. The lowest BCUT2D eigenvalue weighted by molar-refractivity contribution is 0.0952. The van der Waals surface area contributed by atoms with E-state index < -0.39 is 0 Å². The molecule has 0 radical (unpaired) electrons. The van der Waals surface area contributed by atoms with Crippen LogP contribution in [0.1, 0.15) is 30.6 Å². The number of hydrogen-bond acceptors (Lipinski definition) is 3. The number of amides is 1. The summed E-state index contributed by atoms with van der Waals surface area (Å²) in [7, 11) is 1.80. The highest BCUT2D eigenvalue weighted by Gasteiger charge is 2.06. The van der Waals surface area contributed by atoms with Crippen LogP contribution >= 0.6 is 0 Å². The average Bonchev–Trinajstić information content (AvgIpc) is 2.76. The maximum atomic E-state index is 11.7. The Kier molecular flexibility index (Phi) is 5.69. The van der Waals surface area contributed by atoms with Gasteiger partial charge in [-0.1, -0.05) is 13.8 Å². The molecule has 0 unspecified atom stereocenters. The van der Waals surface area contributed by atoms with E-state index in [4.69, 9.17) is 0 Å². The molecule has 0 aliphatic rings. The normalized spacial score (nSPS) is 10.8. The van der Waals surface area contributed by atoms with Gasteiger partial charge in [0.1, 0.15) is 0 Å². The van der Waals surface area contributed by atoms with Crippen LogP contribution < -0.4 is 5.32 Å². The van der Waals surface area contributed by atoms with Crippen molar-refractivity contribution in [2.45, 2.75) is 20.3 Å². The molecule has 0 atom stereocenters. The van der Waals surface area contributed by atoms with Gasteiger partial charge in [-0.2, -0.15) is 5.10 Å². The molecule has 1 N–H and O–H groups in total. The van der Waals surface area contributed by atoms with Gasteiger partial charge < -0.3 is 10.2 Å². The zero-order valence-electron chi connectivity index (χ0n) is 10.9. The number of aryl methyl sites for hydroxylation is 1. The van der Waals surface area contributed by atoms with Gasteiger partial charge >= 0.3 is 0 Å². The van der Waals surface area contributed by atoms with E-state index in [1.807, 2.05) is 0 Å². The largest absolute Gasteiger partial charge is 0.352 e. The lowest BCUT2D eigenvalue weighted by Crippen LogP contribution is -2.29. The standard InChI is InChI=1S/C12H22N4O/c1-4-16(5-2)8-6-7-13-12(17)11-9-14-15(3)10-11/h9-10H,4-8H2,1-3H3,(H,13,17). The number of aromatic nitrogens is 2. The SMILES string of the molecule is CCN(CC)CCCNC(=O)c1cnn(C)c1. The van der Waals surface area contributed by atoms with E-state index in [1.54, 1.807) is 24.1 Å². The summed E-state index contributed by atoms with van der Waals surface area (Å²) in [5.41, 5.74) is 0.621. The fourth-order valence-electron chi connectivity index (χ4n) is 1.68. The molecular formula is C12H22N4O. The number of hydrogen-bond donors (Lipinski definition) is 1. The first-order valence-electron chi connectivity index (χ1n) is 6.16. The molecule has 0 aromatic carbocycles. The van der Waals surface area contributed by atoms with Gasteiger partial charge in [0.2, 0.25) is 0 Å². The van der Waals surface area contributed by atoms with Crippen molar-refractivity contribution >= 4 is 5.91 Å². The zero-order chi connectivity index (χ0) is 12.7. The second kappa shape index (κ2) is 7.06. The molecule has 1 aromatic heterocycles. The number of rotatable bonds is 7. The van der Waals surface area contributed by atoms with E-state index in [0.29, 0.717) is 12.1 Å². The maximum absolute atomic E-state index is 11.7. The predicted octanol–water partition coefficient (Wildman–Crippen LogP) is 0.882. The summed E-state index contributed by atoms with van der Waals surface area (Å²) in [6.07, 6.45) is 4.28. The first kappa shape index (κ1) is 13.7. The lowest BCUT2D eigenvalue weighted by atomic mass is 10.3. The first-order chi connectivity index (χ1) is 8.17. The molecule has 0 bridgehead atoms. The highest BCUT2D eigenvalue weighted by atomic mass is 16.1. The molecular weight excluding hydrogens is 216 g/mol. The van der Waals surface area contributed by atoms with Gasteiger partial charge in [0.15, 0.2) is 0 Å². The topological polar surface area (TPSA) is 50.2 Å². The van der Waals surface area contributed by atoms with Crippen molar-refractivity contribution < 1.29 is 4.79 Å². The molecule has 5 nitrogen and oxygen atoms in total. The van der Waals surface area contributed by atoms with Crippen LogP contribution in [0.4, 0.5) is 0 Å². The van der Waals surface area contributed by atoms with E-state index in [-0.39, 0.29) is 5.91 Å². The molecule has 1 rings (SSSR count). The Bertz CT molecular complexity index is 344. The van der Waals surface area contributed by atoms with Crippen molar-refractivity contribution in [1.82, 2.24) is 20.0 Å². The van der Waals surface area contributed by atoms with Gasteiger partial charge in [-0.3, -0.25) is 9.48 Å². The fourth-order valence-corrected chi connectivity index (χ4v) is 1.68. The van der Waals surface area contributed by atoms with Gasteiger partial charge in [-0.25, -0.2) is 0 Å². The minimum Gasteiger partial charge on any atom is -0.352 e. The molecule has 0 fully saturated rings. The summed E-state index contributed by atoms with van der Waals surface area (Å²) in [5, 5.41) is 6.87. The van der Waals surface area contributed by atoms with E-state index in [9.17, 15) is 4.79 Å². The molecule has 1 heterocycles. The molecule has 96 valence electrons. The van der Waals surface area contributed by atoms with Gasteiger partial charge in [-0.15, -0.1) is 0 Å². The van der Waals surface area contributed by atoms with Crippen LogP contribution in [0, 0.1) is 0 Å². The van der Waals surface area contributed by atoms with Crippen molar-refractivity contribution in [1.29, 1.82) is 0 Å². The Balaban J connectivity index is 2.21. The molecule has 0 aliphatic carbocycles. The molecule has 0 aliphatic heterocycles. The fraction of sp³-hybridized carbons (Fsp3) is 0.667. The maximum Gasteiger partial charge on any atom is 0.254 e. The van der Waals surface area contributed by atoms with Crippen LogP contribution in [0.25, 0.3) is 0 Å². The van der Waals surface area contributed by atoms with Crippen LogP contribution in [0.3, 0.4) is 0 Å². The molecule has 5 heteroatoms. The van der Waals surface area contributed by atoms with Gasteiger partial charge in [0.25, 0.3) is 5.91 Å². The second-order valence-corrected chi connectivity index (χ2v) is 4.04. The number of carbonyl (C=O) groups excluding carboxylic acids is 1. The minimum absolute atomic E-state index is 0.0438. The Morgan fingerprint density at radius 1 is 1.47 bits per heavy atom. The van der Waals surface area contributed by atoms with Crippen LogP contribution in [-0.2, 0) is 7.05 Å². The summed E-state index contributed by atoms with van der Waals surface area (Å²) >= 11 is 0. The van der Waals surface area contributed by atoms with Crippen LogP contribution in [0.15, 0.2) is 12.4 Å². The lowest BCUT2D eigenvalue weighted by Gasteiger charge is -2.17. The summed E-state index contributed by atoms with van der Waals surface area (Å²) < 4.78 is 1.63. The monoisotopic (exact) mass is 238 g/mol. The Labute approximate surface area is 103 Å². The number of nitrogens with zero attached hydrogens (tertiary/aromatic N) is 3. The molecule has 1 amide bonds. The number of nitrogens with one attached hydrogen (secondary N) is 1. The predicted molar refractivity (Wildman–Crippen MR) is 67.9 cm³/mol. The third kappa shape index (κ3) is 4.56. The summed E-state index contributed by atoms with van der Waals surface area (Å²) in [5.74, 6) is -0.0438. The van der Waals surface area contributed by atoms with Crippen molar-refractivity contribution in [3.05, 3.63) is 18.0 Å². The Morgan fingerprint density at radius 2 is 2.18 bits per heavy atom. The molecule has 17 heavy (non-hydrogen) atoms. The van der Waals surface area contributed by atoms with Crippen molar-refractivity contribution in [3.8, 4) is 0 Å². The van der Waals surface area contributed by atoms with Crippen molar-refractivity contribution in [3.63, 3.8) is 0 Å². The summed E-state index contributed by atoms with van der Waals surface area (Å²) in [4.78, 5) is 14.0. The molecule has 0 saturated carbocycles. The third-order valence-corrected chi connectivity index (χ3v) is 2.80. The summed E-state index contributed by atoms with van der Waals surface area (Å²) in [6.45, 7) is 8.17. The Morgan fingerprint density at radius 3 is 2.71 bits per heavy atom. The van der Waals surface area contributed by atoms with Gasteiger partial charge in [-0.05, 0) is 26.1 Å². The third-order valence-electron chi connectivity index (χ3n) is 2.80. The van der Waals surface area contributed by atoms with E-state index in [0.717, 1.165) is 26.1 Å². The quantitative estimate of drug-likeness (QED) is 0.717. The van der Waals surface area contributed by atoms with Crippen LogP contribution in [0.2, 0.25) is 0 Å². The highest BCUT2D eigenvalue weighted by molar-refractivity contribution is 5.93. The number of carbonyl (C=O) groups is 1. The summed E-state index contributed by atoms with van der Waals surface area (Å²) in [6, 6.07) is 0. The van der Waals surface area contributed by atoms with E-state index in [1.165, 1.54) is 0 Å². The first-order valence-corrected chi connectivity index (χ1v) is 6.16.